The Balaban J connectivity index is 0.00000280. The van der Waals surface area contributed by atoms with E-state index in [1.807, 2.05) is 0 Å². The SMILES string of the molecule is CN[C@@H]1[C@H](O[C@H]2[C@H](O[C@H]3[C@H](O)[C@@H](O)[C@H](NC(=N)N)[C@@H](O)[C@@H]3NC(=N)N)O[C@@H](C)[C@]2(O)C=O)O[C@@H](CO)[C@H](O)[C@H]1O.Cl.Cl.O=S(=O)(O)O. The van der Waals surface area contributed by atoms with E-state index in [-0.39, 0.29) is 31.1 Å². The van der Waals surface area contributed by atoms with Crippen molar-refractivity contribution in [1.29, 1.82) is 10.8 Å². The van der Waals surface area contributed by atoms with Gasteiger partial charge in [-0.3, -0.25) is 24.7 Å². The molecule has 1 saturated carbocycles. The minimum absolute atomic E-state index is 0. The van der Waals surface area contributed by atoms with Crippen molar-refractivity contribution >= 4 is 53.4 Å². The molecule has 278 valence electrons. The molecular formula is C21H43Cl2N7O16S. The van der Waals surface area contributed by atoms with Crippen LogP contribution in [0, 0.1) is 10.8 Å². The Kier molecular flexibility index (Phi) is 17.5. The minimum atomic E-state index is -4.67. The summed E-state index contributed by atoms with van der Waals surface area (Å²) in [5.41, 5.74) is 8.38. The lowest BCUT2D eigenvalue weighted by Gasteiger charge is -2.47. The van der Waals surface area contributed by atoms with Gasteiger partial charge in [-0.1, -0.05) is 0 Å². The number of carbonyl (C=O) groups excluding carboxylic acids is 1. The summed E-state index contributed by atoms with van der Waals surface area (Å²) in [6, 6.07) is -3.95. The summed E-state index contributed by atoms with van der Waals surface area (Å²) >= 11 is 0. The molecule has 0 amide bonds. The normalized spacial score (nSPS) is 41.6. The van der Waals surface area contributed by atoms with Gasteiger partial charge in [-0.05, 0) is 14.0 Å². The smallest absolute Gasteiger partial charge is 0.394 e. The molecule has 18 N–H and O–H groups in total. The molecule has 23 nitrogen and oxygen atoms in total. The van der Waals surface area contributed by atoms with Crippen LogP contribution in [0.5, 0.6) is 0 Å². The molecule has 0 aromatic rings. The van der Waals surface area contributed by atoms with Crippen LogP contribution in [0.4, 0.5) is 0 Å². The predicted molar refractivity (Wildman–Crippen MR) is 160 cm³/mol. The molecule has 0 spiro atoms. The van der Waals surface area contributed by atoms with Crippen molar-refractivity contribution < 1.29 is 77.0 Å². The summed E-state index contributed by atoms with van der Waals surface area (Å²) in [7, 11) is -3.25. The Hall–Kier alpha value is -1.82. The Bertz CT molecular complexity index is 1140. The molecule has 3 rings (SSSR count). The first-order chi connectivity index (χ1) is 20.7. The van der Waals surface area contributed by atoms with Crippen LogP contribution in [-0.4, -0.2) is 176 Å². The average Bonchev–Trinajstić information content (AvgIpc) is 3.16. The minimum Gasteiger partial charge on any atom is -0.394 e. The van der Waals surface area contributed by atoms with Crippen molar-refractivity contribution in [3.05, 3.63) is 0 Å². The zero-order chi connectivity index (χ0) is 34.6. The van der Waals surface area contributed by atoms with Gasteiger partial charge in [0.05, 0.1) is 36.9 Å². The first-order valence-electron chi connectivity index (χ1n) is 13.1. The zero-order valence-electron chi connectivity index (χ0n) is 24.6. The molecule has 0 aromatic carbocycles. The van der Waals surface area contributed by atoms with Gasteiger partial charge in [0.25, 0.3) is 0 Å². The highest BCUT2D eigenvalue weighted by Gasteiger charge is 2.60. The standard InChI is InChI=1S/C21H39N7O12.2ClH.H2O4S/c1-5-21(36,4-30)16(40-17-9(26-2)13(34)10(31)6(3-29)38-17)18(37-5)39-15-8(28-20(24)25)11(32)7(27-19(22)23)12(33)14(15)35;;;1-5(2,3)4/h4-18,26,29,31-36H,3H2,1-2H3,(H4,22,23,27)(H4,24,25,28);2*1H;(H2,1,2,3,4)/t5-,6-,7+,8-,9-,10-,11+,12-,13-,14+,15+,16-,17-,18-,21+;;;/m0.../s1. The lowest BCUT2D eigenvalue weighted by atomic mass is 9.81. The second kappa shape index (κ2) is 18.3. The summed E-state index contributed by atoms with van der Waals surface area (Å²) in [6.45, 7) is 0.613. The van der Waals surface area contributed by atoms with Crippen molar-refractivity contribution in [2.24, 2.45) is 11.5 Å². The number of hydrogen-bond acceptors (Lipinski definition) is 17. The van der Waals surface area contributed by atoms with E-state index in [1.54, 1.807) is 0 Å². The molecular weight excluding hydrogens is 709 g/mol. The van der Waals surface area contributed by atoms with Crippen LogP contribution in [0.15, 0.2) is 0 Å². The topological polar surface area (TPSA) is 406 Å². The van der Waals surface area contributed by atoms with Crippen molar-refractivity contribution in [2.45, 2.75) is 98.2 Å². The first kappa shape index (κ1) is 45.2. The second-order valence-electron chi connectivity index (χ2n) is 10.4. The number of nitrogens with two attached hydrogens (primary N) is 2. The zero-order valence-corrected chi connectivity index (χ0v) is 27.1. The van der Waals surface area contributed by atoms with Crippen molar-refractivity contribution in [3.8, 4) is 0 Å². The number of likely N-dealkylation sites (N-methyl/N-ethyl adjacent to an activating group) is 1. The average molecular weight is 753 g/mol. The number of rotatable bonds is 9. The van der Waals surface area contributed by atoms with E-state index in [2.05, 4.69) is 16.0 Å². The van der Waals surface area contributed by atoms with Crippen LogP contribution in [0.3, 0.4) is 0 Å². The van der Waals surface area contributed by atoms with Crippen molar-refractivity contribution in [1.82, 2.24) is 16.0 Å². The summed E-state index contributed by atoms with van der Waals surface area (Å²) < 4.78 is 54.5. The lowest BCUT2D eigenvalue weighted by Crippen LogP contribution is -2.73. The number of carbonyl (C=O) groups is 1. The molecule has 2 heterocycles. The van der Waals surface area contributed by atoms with Gasteiger partial charge in [0, 0.05) is 0 Å². The molecule has 47 heavy (non-hydrogen) atoms. The van der Waals surface area contributed by atoms with Gasteiger partial charge in [-0.2, -0.15) is 8.42 Å². The maximum absolute atomic E-state index is 12.1. The van der Waals surface area contributed by atoms with Gasteiger partial charge in [-0.15, -0.1) is 24.8 Å². The van der Waals surface area contributed by atoms with Crippen LogP contribution in [-0.2, 0) is 34.1 Å². The summed E-state index contributed by atoms with van der Waals surface area (Å²) in [6.07, 6.45) is -17.3. The molecule has 0 unspecified atom stereocenters. The molecule has 3 aliphatic rings. The third kappa shape index (κ3) is 10.8. The molecule has 0 aromatic heterocycles. The van der Waals surface area contributed by atoms with Gasteiger partial charge in [0.15, 0.2) is 36.4 Å². The van der Waals surface area contributed by atoms with E-state index in [0.717, 1.165) is 0 Å². The van der Waals surface area contributed by atoms with Crippen LogP contribution in [0.1, 0.15) is 6.92 Å². The number of aliphatic hydroxyl groups is 7. The van der Waals surface area contributed by atoms with Crippen LogP contribution in [0.2, 0.25) is 0 Å². The van der Waals surface area contributed by atoms with Gasteiger partial charge in [-0.25, -0.2) is 0 Å². The molecule has 0 radical (unpaired) electrons. The number of nitrogens with one attached hydrogen (secondary N) is 5. The van der Waals surface area contributed by atoms with Gasteiger partial charge in [0.2, 0.25) is 0 Å². The number of guanidine groups is 2. The van der Waals surface area contributed by atoms with Gasteiger partial charge < -0.3 is 82.1 Å². The third-order valence-electron chi connectivity index (χ3n) is 7.46. The van der Waals surface area contributed by atoms with Crippen molar-refractivity contribution in [2.75, 3.05) is 13.7 Å². The second-order valence-corrected chi connectivity index (χ2v) is 11.3. The summed E-state index contributed by atoms with van der Waals surface area (Å²) in [4.78, 5) is 12.1. The third-order valence-corrected chi connectivity index (χ3v) is 7.46. The summed E-state index contributed by atoms with van der Waals surface area (Å²) in [5, 5.41) is 96.4. The van der Waals surface area contributed by atoms with E-state index in [0.29, 0.717) is 0 Å². The Morgan fingerprint density at radius 3 is 1.81 bits per heavy atom. The molecule has 15 atom stereocenters. The van der Waals surface area contributed by atoms with Crippen LogP contribution >= 0.6 is 24.8 Å². The van der Waals surface area contributed by atoms with Crippen LogP contribution < -0.4 is 27.4 Å². The molecule has 3 fully saturated rings. The highest BCUT2D eigenvalue weighted by molar-refractivity contribution is 7.79. The number of hydrogen-bond donors (Lipinski definition) is 16. The van der Waals surface area contributed by atoms with E-state index in [1.165, 1.54) is 14.0 Å². The highest BCUT2D eigenvalue weighted by atomic mass is 35.5. The number of ether oxygens (including phenoxy) is 4. The lowest BCUT2D eigenvalue weighted by molar-refractivity contribution is -0.314. The van der Waals surface area contributed by atoms with Gasteiger partial charge in [0.1, 0.15) is 42.7 Å². The predicted octanol–water partition coefficient (Wildman–Crippen LogP) is -7.55. The molecule has 0 bridgehead atoms. The Labute approximate surface area is 280 Å². The first-order valence-corrected chi connectivity index (χ1v) is 14.5. The molecule has 2 saturated heterocycles. The molecule has 1 aliphatic carbocycles. The van der Waals surface area contributed by atoms with E-state index >= 15 is 0 Å². The Morgan fingerprint density at radius 2 is 1.36 bits per heavy atom. The summed E-state index contributed by atoms with van der Waals surface area (Å²) in [5.74, 6) is -1.29. The van der Waals surface area contributed by atoms with Crippen molar-refractivity contribution in [3.63, 3.8) is 0 Å². The maximum atomic E-state index is 12.1. The number of halogens is 2. The largest absolute Gasteiger partial charge is 0.394 e. The van der Waals surface area contributed by atoms with E-state index < -0.39 is 120 Å². The molecule has 26 heteroatoms. The fourth-order valence-electron chi connectivity index (χ4n) is 5.18. The van der Waals surface area contributed by atoms with E-state index in [9.17, 15) is 40.5 Å². The fourth-order valence-corrected chi connectivity index (χ4v) is 5.18. The quantitative estimate of drug-likeness (QED) is 0.0450. The number of aldehydes is 1. The maximum Gasteiger partial charge on any atom is 0.394 e. The highest BCUT2D eigenvalue weighted by Crippen LogP contribution is 2.37. The fraction of sp³-hybridized carbons (Fsp3) is 0.857. The van der Waals surface area contributed by atoms with Gasteiger partial charge >= 0.3 is 10.4 Å². The van der Waals surface area contributed by atoms with E-state index in [4.69, 9.17) is 58.8 Å². The monoisotopic (exact) mass is 751 g/mol. The van der Waals surface area contributed by atoms with Crippen LogP contribution in [0.25, 0.3) is 0 Å². The Morgan fingerprint density at radius 1 is 0.872 bits per heavy atom. The number of aliphatic hydroxyl groups excluding tert-OH is 6. The molecule has 2 aliphatic heterocycles.